The van der Waals surface area contributed by atoms with E-state index < -0.39 is 11.4 Å². The van der Waals surface area contributed by atoms with E-state index >= 15 is 0 Å². The van der Waals surface area contributed by atoms with Crippen LogP contribution in [0.2, 0.25) is 0 Å². The fraction of sp³-hybridized carbons (Fsp3) is 0.143. The molecule has 0 fully saturated rings. The Bertz CT molecular complexity index is 588. The monoisotopic (exact) mass is 211 g/mol. The number of aromatic amines is 1. The first-order valence-corrected chi connectivity index (χ1v) is 4.87. The molecule has 0 aliphatic carbocycles. The standard InChI is InChI=1S/C7H5N3O3S/c1-14-6-8-2-3-4(10-6)5(11)13-7(12)9-3/h2H,1H3,(H,9,12). The van der Waals surface area contributed by atoms with Crippen LogP contribution in [0, 0.1) is 0 Å². The Morgan fingerprint density at radius 2 is 2.29 bits per heavy atom. The Kier molecular flexibility index (Phi) is 2.08. The van der Waals surface area contributed by atoms with Crippen molar-refractivity contribution in [3.63, 3.8) is 0 Å². The lowest BCUT2D eigenvalue weighted by Crippen LogP contribution is -2.15. The number of hydrogen-bond donors (Lipinski definition) is 1. The van der Waals surface area contributed by atoms with Gasteiger partial charge in [-0.3, -0.25) is 4.98 Å². The highest BCUT2D eigenvalue weighted by Gasteiger charge is 2.05. The highest BCUT2D eigenvalue weighted by Crippen LogP contribution is 2.09. The average molecular weight is 211 g/mol. The van der Waals surface area contributed by atoms with E-state index in [-0.39, 0.29) is 11.0 Å². The molecule has 0 amide bonds. The predicted octanol–water partition coefficient (Wildman–Crippen LogP) is -0.00680. The lowest BCUT2D eigenvalue weighted by molar-refractivity contribution is 0.458. The Hall–Kier alpha value is -1.63. The van der Waals surface area contributed by atoms with Gasteiger partial charge in [-0.05, 0) is 6.26 Å². The first-order chi connectivity index (χ1) is 6.70. The molecule has 2 aromatic rings. The Labute approximate surface area is 81.4 Å². The van der Waals surface area contributed by atoms with Gasteiger partial charge in [0, 0.05) is 0 Å². The van der Waals surface area contributed by atoms with Gasteiger partial charge in [-0.25, -0.2) is 19.6 Å². The molecule has 2 aromatic heterocycles. The van der Waals surface area contributed by atoms with Gasteiger partial charge in [0.05, 0.1) is 11.7 Å². The zero-order valence-electron chi connectivity index (χ0n) is 7.10. The molecule has 7 heteroatoms. The fourth-order valence-corrected chi connectivity index (χ4v) is 1.32. The molecule has 0 aromatic carbocycles. The quantitative estimate of drug-likeness (QED) is 0.527. The number of H-pyrrole nitrogens is 1. The van der Waals surface area contributed by atoms with Crippen LogP contribution in [0.1, 0.15) is 0 Å². The molecule has 0 bridgehead atoms. The van der Waals surface area contributed by atoms with Crippen molar-refractivity contribution in [1.82, 2.24) is 15.0 Å². The molecule has 0 radical (unpaired) electrons. The van der Waals surface area contributed by atoms with Crippen molar-refractivity contribution in [2.45, 2.75) is 5.16 Å². The smallest absolute Gasteiger partial charge is 0.371 e. The van der Waals surface area contributed by atoms with Crippen LogP contribution < -0.4 is 11.4 Å². The first-order valence-electron chi connectivity index (χ1n) is 3.65. The molecule has 0 saturated carbocycles. The van der Waals surface area contributed by atoms with E-state index in [4.69, 9.17) is 0 Å². The molecule has 0 atom stereocenters. The highest BCUT2D eigenvalue weighted by atomic mass is 32.2. The minimum Gasteiger partial charge on any atom is -0.371 e. The number of aromatic nitrogens is 3. The molecule has 0 aliphatic rings. The van der Waals surface area contributed by atoms with Gasteiger partial charge in [-0.15, -0.1) is 0 Å². The lowest BCUT2D eigenvalue weighted by atomic mass is 10.4. The topological polar surface area (TPSA) is 88.9 Å². The van der Waals surface area contributed by atoms with Crippen LogP contribution in [0.3, 0.4) is 0 Å². The highest BCUT2D eigenvalue weighted by molar-refractivity contribution is 7.98. The predicted molar refractivity (Wildman–Crippen MR) is 50.5 cm³/mol. The van der Waals surface area contributed by atoms with Crippen molar-refractivity contribution in [3.05, 3.63) is 27.2 Å². The third-order valence-electron chi connectivity index (χ3n) is 1.56. The average Bonchev–Trinajstić information content (AvgIpc) is 2.17. The molecule has 14 heavy (non-hydrogen) atoms. The number of nitrogens with zero attached hydrogens (tertiary/aromatic N) is 2. The largest absolute Gasteiger partial charge is 0.419 e. The molecule has 2 heterocycles. The third kappa shape index (κ3) is 1.41. The molecule has 0 aliphatic heterocycles. The van der Waals surface area contributed by atoms with Crippen LogP contribution in [0.5, 0.6) is 0 Å². The molecule has 1 N–H and O–H groups in total. The van der Waals surface area contributed by atoms with Crippen molar-refractivity contribution in [1.29, 1.82) is 0 Å². The summed E-state index contributed by atoms with van der Waals surface area (Å²) in [4.78, 5) is 32.1. The van der Waals surface area contributed by atoms with Crippen LogP contribution in [-0.2, 0) is 0 Å². The van der Waals surface area contributed by atoms with Crippen LogP contribution in [0.4, 0.5) is 0 Å². The minimum atomic E-state index is -0.803. The summed E-state index contributed by atoms with van der Waals surface area (Å²) in [6.45, 7) is 0. The van der Waals surface area contributed by atoms with E-state index in [1.807, 2.05) is 0 Å². The molecule has 0 saturated heterocycles. The van der Waals surface area contributed by atoms with E-state index in [1.165, 1.54) is 18.0 Å². The van der Waals surface area contributed by atoms with Gasteiger partial charge >= 0.3 is 11.4 Å². The molecular weight excluding hydrogens is 206 g/mol. The maximum Gasteiger partial charge on any atom is 0.419 e. The zero-order chi connectivity index (χ0) is 10.1. The number of rotatable bonds is 1. The van der Waals surface area contributed by atoms with Crippen molar-refractivity contribution in [2.75, 3.05) is 6.26 Å². The number of thioether (sulfide) groups is 1. The first kappa shape index (κ1) is 8.95. The summed E-state index contributed by atoms with van der Waals surface area (Å²) in [5.41, 5.74) is -0.380. The summed E-state index contributed by atoms with van der Waals surface area (Å²) < 4.78 is 4.32. The van der Waals surface area contributed by atoms with Gasteiger partial charge in [-0.2, -0.15) is 0 Å². The zero-order valence-corrected chi connectivity index (χ0v) is 7.92. The second kappa shape index (κ2) is 3.26. The van der Waals surface area contributed by atoms with E-state index in [9.17, 15) is 9.59 Å². The summed E-state index contributed by atoms with van der Waals surface area (Å²) in [5.74, 6) is -0.803. The Morgan fingerprint density at radius 1 is 1.50 bits per heavy atom. The second-order valence-electron chi connectivity index (χ2n) is 2.42. The van der Waals surface area contributed by atoms with Crippen molar-refractivity contribution < 1.29 is 4.42 Å². The van der Waals surface area contributed by atoms with Gasteiger partial charge in [0.25, 0.3) is 0 Å². The molecule has 0 unspecified atom stereocenters. The maximum atomic E-state index is 11.2. The summed E-state index contributed by atoms with van der Waals surface area (Å²) in [5, 5.41) is 0.455. The second-order valence-corrected chi connectivity index (χ2v) is 3.19. The van der Waals surface area contributed by atoms with Gasteiger partial charge in [0.1, 0.15) is 0 Å². The van der Waals surface area contributed by atoms with E-state index in [0.717, 1.165) is 0 Å². The minimum absolute atomic E-state index is 0.0870. The lowest BCUT2D eigenvalue weighted by Gasteiger charge is -1.95. The van der Waals surface area contributed by atoms with Gasteiger partial charge < -0.3 is 4.42 Å². The summed E-state index contributed by atoms with van der Waals surface area (Å²) in [6.07, 6.45) is 3.17. The number of nitrogens with one attached hydrogen (secondary N) is 1. The summed E-state index contributed by atoms with van der Waals surface area (Å²) in [6, 6.07) is 0. The number of fused-ring (bicyclic) bond motifs is 1. The fourth-order valence-electron chi connectivity index (χ4n) is 0.979. The van der Waals surface area contributed by atoms with Crippen LogP contribution in [-0.4, -0.2) is 21.2 Å². The van der Waals surface area contributed by atoms with Crippen molar-refractivity contribution in [3.8, 4) is 0 Å². The number of hydrogen-bond acceptors (Lipinski definition) is 6. The summed E-state index contributed by atoms with van der Waals surface area (Å²) in [7, 11) is 0. The Balaban J connectivity index is 2.89. The van der Waals surface area contributed by atoms with Crippen molar-refractivity contribution in [2.24, 2.45) is 0 Å². The van der Waals surface area contributed by atoms with E-state index in [0.29, 0.717) is 5.16 Å². The van der Waals surface area contributed by atoms with Crippen molar-refractivity contribution >= 4 is 22.8 Å². The molecule has 72 valence electrons. The Morgan fingerprint density at radius 3 is 3.00 bits per heavy atom. The van der Waals surface area contributed by atoms with Gasteiger partial charge in [0.2, 0.25) is 0 Å². The third-order valence-corrected chi connectivity index (χ3v) is 2.13. The molecule has 0 spiro atoms. The van der Waals surface area contributed by atoms with Crippen LogP contribution in [0.15, 0.2) is 25.4 Å². The summed E-state index contributed by atoms with van der Waals surface area (Å²) >= 11 is 1.30. The maximum absolute atomic E-state index is 11.2. The van der Waals surface area contributed by atoms with Crippen LogP contribution >= 0.6 is 11.8 Å². The normalized spacial score (nSPS) is 10.6. The molecule has 2 rings (SSSR count). The van der Waals surface area contributed by atoms with E-state index in [1.54, 1.807) is 6.26 Å². The van der Waals surface area contributed by atoms with Gasteiger partial charge in [-0.1, -0.05) is 11.8 Å². The molecular formula is C7H5N3O3S. The van der Waals surface area contributed by atoms with Crippen LogP contribution in [0.25, 0.3) is 11.0 Å². The molecule has 6 nitrogen and oxygen atoms in total. The van der Waals surface area contributed by atoms with Gasteiger partial charge in [0.15, 0.2) is 10.7 Å². The SMILES string of the molecule is CSc1ncc2[nH]c(=O)oc(=O)c2n1. The van der Waals surface area contributed by atoms with E-state index in [2.05, 4.69) is 19.4 Å².